The van der Waals surface area contributed by atoms with Gasteiger partial charge in [-0.25, -0.2) is 5.26 Å². The molecule has 0 aromatic rings. The van der Waals surface area contributed by atoms with E-state index in [1.54, 1.807) is 5.97 Å². The van der Waals surface area contributed by atoms with Crippen molar-refractivity contribution in [2.45, 2.75) is 70.8 Å². The summed E-state index contributed by atoms with van der Waals surface area (Å²) < 4.78 is 0. The second-order valence-corrected chi connectivity index (χ2v) is 5.49. The van der Waals surface area contributed by atoms with Gasteiger partial charge in [-0.1, -0.05) is 44.9 Å². The molecule has 0 amide bonds. The lowest BCUT2D eigenvalue weighted by molar-refractivity contribution is 0.180. The van der Waals surface area contributed by atoms with Crippen LogP contribution in [-0.2, 0) is 0 Å². The van der Waals surface area contributed by atoms with Crippen molar-refractivity contribution in [3.63, 3.8) is 0 Å². The summed E-state index contributed by atoms with van der Waals surface area (Å²) in [5.74, 6) is 1.75. The molecule has 0 aliphatic carbocycles. The van der Waals surface area contributed by atoms with Crippen molar-refractivity contribution in [2.24, 2.45) is 0 Å². The van der Waals surface area contributed by atoms with Gasteiger partial charge in [-0.2, -0.15) is 0 Å². The van der Waals surface area contributed by atoms with Crippen LogP contribution in [0.5, 0.6) is 0 Å². The predicted octanol–water partition coefficient (Wildman–Crippen LogP) is 2.54. The van der Waals surface area contributed by atoms with Crippen molar-refractivity contribution >= 4 is 7.85 Å². The number of hydrogen-bond acceptors (Lipinski definition) is 3. The van der Waals surface area contributed by atoms with E-state index < -0.39 is 0 Å². The average Bonchev–Trinajstić information content (AvgIpc) is 2.32. The zero-order valence-electron chi connectivity index (χ0n) is 13.5. The number of nitrogens with zero attached hydrogens (tertiary/aromatic N) is 2. The molecule has 1 atom stereocenters. The van der Waals surface area contributed by atoms with Crippen molar-refractivity contribution in [3.05, 3.63) is 0 Å². The molecule has 0 saturated heterocycles. The van der Waals surface area contributed by atoms with Crippen LogP contribution in [0.25, 0.3) is 0 Å². The molecular formula is C15H33BN2O. The van der Waals surface area contributed by atoms with Gasteiger partial charge in [-0.3, -0.25) is 0 Å². The minimum atomic E-state index is -0.106. The maximum Gasteiger partial charge on any atom is 0.232 e. The van der Waals surface area contributed by atoms with Gasteiger partial charge in [0, 0.05) is 0 Å². The van der Waals surface area contributed by atoms with Crippen LogP contribution < -0.4 is 0 Å². The molecule has 0 saturated carbocycles. The molecule has 0 aromatic heterocycles. The van der Waals surface area contributed by atoms with Gasteiger partial charge >= 0.3 is 0 Å². The Balaban J connectivity index is 0. The van der Waals surface area contributed by atoms with Crippen molar-refractivity contribution < 1.29 is 5.11 Å². The second kappa shape index (κ2) is 17.5. The van der Waals surface area contributed by atoms with Crippen LogP contribution in [0, 0.1) is 11.2 Å². The lowest BCUT2D eigenvalue weighted by atomic mass is 10.1. The average molecular weight is 268 g/mol. The number of aliphatic hydroxyl groups excluding tert-OH is 1. The molecule has 1 unspecified atom stereocenters. The van der Waals surface area contributed by atoms with Gasteiger partial charge in [0.05, 0.1) is 6.10 Å². The first-order valence-corrected chi connectivity index (χ1v) is 7.68. The molecule has 0 radical (unpaired) electrons. The summed E-state index contributed by atoms with van der Waals surface area (Å²) >= 11 is 0. The van der Waals surface area contributed by atoms with Gasteiger partial charge in [-0.05, 0) is 46.4 Å². The second-order valence-electron chi connectivity index (χ2n) is 5.49. The third-order valence-corrected chi connectivity index (χ3v) is 2.98. The van der Waals surface area contributed by atoms with E-state index in [-0.39, 0.29) is 6.10 Å². The first-order valence-electron chi connectivity index (χ1n) is 7.68. The fourth-order valence-corrected chi connectivity index (χ4v) is 1.93. The fraction of sp³-hybridized carbons (Fsp3) is 0.933. The van der Waals surface area contributed by atoms with E-state index in [0.717, 1.165) is 6.42 Å². The lowest BCUT2D eigenvalue weighted by Gasteiger charge is -2.08. The molecular weight excluding hydrogens is 235 g/mol. The molecule has 0 aliphatic rings. The van der Waals surface area contributed by atoms with E-state index in [1.165, 1.54) is 65.8 Å². The van der Waals surface area contributed by atoms with Crippen molar-refractivity contribution in [3.8, 4) is 5.97 Å². The van der Waals surface area contributed by atoms with E-state index in [1.807, 2.05) is 6.92 Å². The Morgan fingerprint density at radius 2 is 1.37 bits per heavy atom. The molecule has 1 N–H and O–H groups in total. The third kappa shape index (κ3) is 26.9. The van der Waals surface area contributed by atoms with Crippen LogP contribution in [0.2, 0.25) is 0 Å². The summed E-state index contributed by atoms with van der Waals surface area (Å²) in [5, 5.41) is 16.4. The smallest absolute Gasteiger partial charge is 0.232 e. The highest BCUT2D eigenvalue weighted by atomic mass is 16.3. The van der Waals surface area contributed by atoms with E-state index in [4.69, 9.17) is 10.4 Å². The van der Waals surface area contributed by atoms with Crippen LogP contribution in [0.1, 0.15) is 64.7 Å². The molecule has 19 heavy (non-hydrogen) atoms. The summed E-state index contributed by atoms with van der Waals surface area (Å²) in [7, 11) is 5.71. The number of unbranched alkanes of at least 4 members (excludes halogenated alkanes) is 7. The highest BCUT2D eigenvalue weighted by molar-refractivity contribution is 6.20. The largest absolute Gasteiger partial charge is 0.393 e. The van der Waals surface area contributed by atoms with Crippen LogP contribution in [-0.4, -0.2) is 44.6 Å². The number of rotatable bonds is 11. The number of hydrogen-bond donors (Lipinski definition) is 1. The Labute approximate surface area is 121 Å². The Kier molecular flexibility index (Phi) is 19.1. The molecule has 112 valence electrons. The monoisotopic (exact) mass is 268 g/mol. The van der Waals surface area contributed by atoms with E-state index in [0.29, 0.717) is 0 Å². The molecule has 0 bridgehead atoms. The summed E-state index contributed by atoms with van der Waals surface area (Å²) in [4.78, 5) is 2.26. The van der Waals surface area contributed by atoms with Gasteiger partial charge in [0.15, 0.2) is 0 Å². The maximum absolute atomic E-state index is 9.09. The third-order valence-electron chi connectivity index (χ3n) is 2.98. The zero-order valence-corrected chi connectivity index (χ0v) is 13.5. The Bertz CT molecular complexity index is 187. The van der Waals surface area contributed by atoms with Crippen molar-refractivity contribution in [2.75, 3.05) is 20.6 Å². The summed E-state index contributed by atoms with van der Waals surface area (Å²) in [5.41, 5.74) is 0. The summed E-state index contributed by atoms with van der Waals surface area (Å²) in [6.07, 6.45) is 11.6. The highest BCUT2D eigenvalue weighted by Crippen LogP contribution is 2.10. The topological polar surface area (TPSA) is 47.3 Å². The molecule has 0 rings (SSSR count). The van der Waals surface area contributed by atoms with Crippen LogP contribution in [0.4, 0.5) is 0 Å². The lowest BCUT2D eigenvalue weighted by Crippen LogP contribution is -2.12. The van der Waals surface area contributed by atoms with E-state index in [2.05, 4.69) is 19.0 Å². The first-order chi connectivity index (χ1) is 9.04. The minimum absolute atomic E-state index is 0.106. The molecule has 0 aromatic carbocycles. The van der Waals surface area contributed by atoms with E-state index in [9.17, 15) is 0 Å². The fourth-order valence-electron chi connectivity index (χ4n) is 1.93. The van der Waals surface area contributed by atoms with Crippen molar-refractivity contribution in [1.29, 1.82) is 5.26 Å². The SMILES string of the molecule is BC#N.CC(O)CCCCCCCCCCN(C)C. The number of aliphatic hydroxyl groups is 1. The van der Waals surface area contributed by atoms with Gasteiger partial charge in [-0.15, -0.1) is 0 Å². The van der Waals surface area contributed by atoms with Gasteiger partial charge < -0.3 is 10.0 Å². The molecule has 0 spiro atoms. The molecule has 4 heteroatoms. The standard InChI is InChI=1S/C14H31NO.CH2BN/c1-14(16)12-10-8-6-4-5-7-9-11-13-15(2)3;2-1-3/h14,16H,4-13H2,1-3H3;2H2. The highest BCUT2D eigenvalue weighted by Gasteiger charge is 1.96. The summed E-state index contributed by atoms with van der Waals surface area (Å²) in [6.45, 7) is 3.11. The maximum atomic E-state index is 9.09. The van der Waals surface area contributed by atoms with Gasteiger partial charge in [0.1, 0.15) is 0 Å². The molecule has 0 aliphatic heterocycles. The zero-order chi connectivity index (χ0) is 14.9. The summed E-state index contributed by atoms with van der Waals surface area (Å²) in [6, 6.07) is 0. The molecule has 3 nitrogen and oxygen atoms in total. The Morgan fingerprint density at radius 3 is 1.74 bits per heavy atom. The van der Waals surface area contributed by atoms with Crippen LogP contribution in [0.15, 0.2) is 0 Å². The van der Waals surface area contributed by atoms with Crippen LogP contribution in [0.3, 0.4) is 0 Å². The first kappa shape index (κ1) is 20.8. The number of nitriles is 1. The van der Waals surface area contributed by atoms with Gasteiger partial charge in [0.2, 0.25) is 7.85 Å². The van der Waals surface area contributed by atoms with Crippen molar-refractivity contribution in [1.82, 2.24) is 4.90 Å². The van der Waals surface area contributed by atoms with E-state index >= 15 is 0 Å². The Morgan fingerprint density at radius 1 is 1.00 bits per heavy atom. The predicted molar refractivity (Wildman–Crippen MR) is 85.9 cm³/mol. The molecule has 0 fully saturated rings. The normalized spacial score (nSPS) is 11.6. The Hall–Kier alpha value is -0.525. The van der Waals surface area contributed by atoms with Crippen LogP contribution >= 0.6 is 0 Å². The van der Waals surface area contributed by atoms with Gasteiger partial charge in [0.25, 0.3) is 0 Å². The molecule has 0 heterocycles. The minimum Gasteiger partial charge on any atom is -0.393 e. The quantitative estimate of drug-likeness (QED) is 0.462.